The second-order valence-corrected chi connectivity index (χ2v) is 7.11. The molecule has 0 N–H and O–H groups in total. The first-order chi connectivity index (χ1) is 12.7. The number of hydrogen-bond acceptors (Lipinski definition) is 2. The maximum absolute atomic E-state index is 14.4. The van der Waals surface area contributed by atoms with Crippen molar-refractivity contribution >= 4 is 11.3 Å². The quantitative estimate of drug-likeness (QED) is 0.428. The Morgan fingerprint density at radius 3 is 2.15 bits per heavy atom. The smallest absolute Gasteiger partial charge is 0.428 e. The zero-order valence-corrected chi connectivity index (χ0v) is 15.3. The molecule has 0 aliphatic rings. The molecule has 0 radical (unpaired) electrons. The van der Waals surface area contributed by atoms with Crippen molar-refractivity contribution < 1.29 is 26.7 Å². The maximum atomic E-state index is 14.4. The number of thiophene rings is 1. The molecule has 0 atom stereocenters. The number of aryl methyl sites for hydroxylation is 1. The number of ether oxygens (including phenoxy) is 1. The van der Waals surface area contributed by atoms with E-state index in [1.807, 2.05) is 6.92 Å². The van der Waals surface area contributed by atoms with Gasteiger partial charge in [0.2, 0.25) is 0 Å². The topological polar surface area (TPSA) is 9.23 Å². The third kappa shape index (κ3) is 3.98. The number of rotatable bonds is 5. The molecule has 1 nitrogen and oxygen atoms in total. The molecule has 3 aromatic rings. The Kier molecular flexibility index (Phi) is 5.24. The van der Waals surface area contributed by atoms with E-state index in [-0.39, 0.29) is 27.3 Å². The molecule has 0 saturated heterocycles. The van der Waals surface area contributed by atoms with Gasteiger partial charge in [-0.05, 0) is 55.3 Å². The minimum Gasteiger partial charge on any atom is -0.428 e. The summed E-state index contributed by atoms with van der Waals surface area (Å²) >= 11 is 0.916. The fraction of sp³-hybridized carbons (Fsp3) is 0.200. The standard InChI is InChI=1S/C20H15F5OS/c1-3-14-5-7-19(27-14)20(24,25)26-13-4-6-15(18(23)10-13)12-8-16(21)11(2)17(22)9-12/h4-10H,3H2,1-2H3. The summed E-state index contributed by atoms with van der Waals surface area (Å²) < 4.78 is 75.0. The van der Waals surface area contributed by atoms with Crippen molar-refractivity contribution in [1.82, 2.24) is 0 Å². The zero-order valence-electron chi connectivity index (χ0n) is 14.5. The zero-order chi connectivity index (χ0) is 19.8. The van der Waals surface area contributed by atoms with Gasteiger partial charge in [0.15, 0.2) is 0 Å². The molecule has 0 aliphatic carbocycles. The predicted molar refractivity (Wildman–Crippen MR) is 94.7 cm³/mol. The summed E-state index contributed by atoms with van der Waals surface area (Å²) in [4.78, 5) is 0.490. The van der Waals surface area contributed by atoms with E-state index < -0.39 is 23.6 Å². The molecular formula is C20H15F5OS. The van der Waals surface area contributed by atoms with Crippen molar-refractivity contribution in [3.05, 3.63) is 75.2 Å². The molecule has 0 spiro atoms. The van der Waals surface area contributed by atoms with Crippen LogP contribution >= 0.6 is 11.3 Å². The first-order valence-electron chi connectivity index (χ1n) is 8.13. The molecule has 0 amide bonds. The first kappa shape index (κ1) is 19.4. The Bertz CT molecular complexity index is 957. The van der Waals surface area contributed by atoms with Gasteiger partial charge in [0.05, 0.1) is 0 Å². The minimum absolute atomic E-state index is 0.0303. The lowest BCUT2D eigenvalue weighted by molar-refractivity contribution is -0.182. The van der Waals surface area contributed by atoms with Gasteiger partial charge < -0.3 is 4.74 Å². The van der Waals surface area contributed by atoms with Crippen molar-refractivity contribution in [2.24, 2.45) is 0 Å². The maximum Gasteiger partial charge on any atom is 0.436 e. The van der Waals surface area contributed by atoms with Crippen LogP contribution in [0.4, 0.5) is 22.0 Å². The van der Waals surface area contributed by atoms with Crippen molar-refractivity contribution in [3.8, 4) is 16.9 Å². The van der Waals surface area contributed by atoms with Crippen LogP contribution in [-0.2, 0) is 12.5 Å². The lowest BCUT2D eigenvalue weighted by Gasteiger charge is -2.17. The molecule has 3 rings (SSSR count). The van der Waals surface area contributed by atoms with E-state index in [1.165, 1.54) is 13.0 Å². The Balaban J connectivity index is 1.88. The van der Waals surface area contributed by atoms with E-state index in [0.29, 0.717) is 6.42 Å². The molecule has 27 heavy (non-hydrogen) atoms. The van der Waals surface area contributed by atoms with Crippen LogP contribution in [0.5, 0.6) is 5.75 Å². The largest absolute Gasteiger partial charge is 0.436 e. The molecule has 7 heteroatoms. The third-order valence-corrected chi connectivity index (χ3v) is 5.36. The van der Waals surface area contributed by atoms with E-state index in [4.69, 9.17) is 0 Å². The summed E-state index contributed by atoms with van der Waals surface area (Å²) in [5.74, 6) is -2.95. The van der Waals surface area contributed by atoms with Gasteiger partial charge in [-0.3, -0.25) is 0 Å². The summed E-state index contributed by atoms with van der Waals surface area (Å²) in [7, 11) is 0. The average molecular weight is 398 g/mol. The second-order valence-electron chi connectivity index (χ2n) is 5.94. The van der Waals surface area contributed by atoms with Gasteiger partial charge in [0.25, 0.3) is 0 Å². The highest BCUT2D eigenvalue weighted by atomic mass is 32.1. The van der Waals surface area contributed by atoms with Crippen LogP contribution in [-0.4, -0.2) is 0 Å². The van der Waals surface area contributed by atoms with Crippen LogP contribution in [0.1, 0.15) is 22.2 Å². The van der Waals surface area contributed by atoms with Crippen LogP contribution < -0.4 is 4.74 Å². The molecule has 1 aromatic heterocycles. The lowest BCUT2D eigenvalue weighted by Crippen LogP contribution is -2.20. The molecule has 2 aromatic carbocycles. The summed E-state index contributed by atoms with van der Waals surface area (Å²) in [6, 6.07) is 7.89. The first-order valence-corrected chi connectivity index (χ1v) is 8.94. The second kappa shape index (κ2) is 7.31. The highest BCUT2D eigenvalue weighted by Crippen LogP contribution is 2.37. The Labute approximate surface area is 157 Å². The van der Waals surface area contributed by atoms with E-state index in [1.54, 1.807) is 6.07 Å². The van der Waals surface area contributed by atoms with Crippen LogP contribution in [0.2, 0.25) is 0 Å². The van der Waals surface area contributed by atoms with Crippen LogP contribution in [0, 0.1) is 24.4 Å². The van der Waals surface area contributed by atoms with Crippen molar-refractivity contribution in [3.63, 3.8) is 0 Å². The lowest BCUT2D eigenvalue weighted by atomic mass is 10.0. The number of benzene rings is 2. The fourth-order valence-electron chi connectivity index (χ4n) is 2.52. The van der Waals surface area contributed by atoms with E-state index >= 15 is 0 Å². The molecule has 0 aliphatic heterocycles. The monoisotopic (exact) mass is 398 g/mol. The molecule has 142 valence electrons. The van der Waals surface area contributed by atoms with Crippen molar-refractivity contribution in [2.75, 3.05) is 0 Å². The molecule has 0 bridgehead atoms. The van der Waals surface area contributed by atoms with Crippen LogP contribution in [0.15, 0.2) is 42.5 Å². The molecule has 0 fully saturated rings. The Hall–Kier alpha value is -2.41. The van der Waals surface area contributed by atoms with Gasteiger partial charge in [0.1, 0.15) is 28.1 Å². The van der Waals surface area contributed by atoms with Gasteiger partial charge in [-0.15, -0.1) is 11.3 Å². The van der Waals surface area contributed by atoms with Gasteiger partial charge >= 0.3 is 6.11 Å². The summed E-state index contributed by atoms with van der Waals surface area (Å²) in [6.07, 6.45) is -3.00. The van der Waals surface area contributed by atoms with Gasteiger partial charge in [0, 0.05) is 22.1 Å². The molecule has 0 saturated carbocycles. The number of hydrogen-bond donors (Lipinski definition) is 0. The predicted octanol–water partition coefficient (Wildman–Crippen LogP) is 6.83. The Morgan fingerprint density at radius 1 is 0.926 bits per heavy atom. The van der Waals surface area contributed by atoms with Crippen molar-refractivity contribution in [1.29, 1.82) is 0 Å². The van der Waals surface area contributed by atoms with E-state index in [2.05, 4.69) is 4.74 Å². The van der Waals surface area contributed by atoms with Crippen LogP contribution in [0.3, 0.4) is 0 Å². The molecule has 0 unspecified atom stereocenters. The summed E-state index contributed by atoms with van der Waals surface area (Å²) in [5, 5.41) is 0. The fourth-order valence-corrected chi connectivity index (χ4v) is 3.38. The van der Waals surface area contributed by atoms with E-state index in [0.717, 1.165) is 46.5 Å². The van der Waals surface area contributed by atoms with Crippen LogP contribution in [0.25, 0.3) is 11.1 Å². The van der Waals surface area contributed by atoms with Gasteiger partial charge in [-0.2, -0.15) is 8.78 Å². The normalized spacial score (nSPS) is 11.7. The number of alkyl halides is 2. The molecular weight excluding hydrogens is 383 g/mol. The van der Waals surface area contributed by atoms with Gasteiger partial charge in [-0.1, -0.05) is 6.92 Å². The van der Waals surface area contributed by atoms with Crippen molar-refractivity contribution in [2.45, 2.75) is 26.4 Å². The third-order valence-electron chi connectivity index (χ3n) is 4.08. The average Bonchev–Trinajstić information content (AvgIpc) is 3.09. The molecule has 1 heterocycles. The van der Waals surface area contributed by atoms with Gasteiger partial charge in [-0.25, -0.2) is 13.2 Å². The Morgan fingerprint density at radius 2 is 1.59 bits per heavy atom. The number of halogens is 5. The SMILES string of the molecule is CCc1ccc(C(F)(F)Oc2ccc(-c3cc(F)c(C)c(F)c3)c(F)c2)s1. The summed E-state index contributed by atoms with van der Waals surface area (Å²) in [5.41, 5.74) is -0.328. The summed E-state index contributed by atoms with van der Waals surface area (Å²) in [6.45, 7) is 3.11. The highest BCUT2D eigenvalue weighted by molar-refractivity contribution is 7.12. The minimum atomic E-state index is -3.62. The van der Waals surface area contributed by atoms with E-state index in [9.17, 15) is 22.0 Å². The highest BCUT2D eigenvalue weighted by Gasteiger charge is 2.36.